The van der Waals surface area contributed by atoms with Crippen LogP contribution in [0.15, 0.2) is 18.2 Å². The fourth-order valence-corrected chi connectivity index (χ4v) is 2.81. The molecule has 1 aromatic rings. The summed E-state index contributed by atoms with van der Waals surface area (Å²) in [5.41, 5.74) is 4.34. The molecule has 0 atom stereocenters. The lowest BCUT2D eigenvalue weighted by atomic mass is 10.0. The number of rotatable bonds is 2. The van der Waals surface area contributed by atoms with E-state index in [9.17, 15) is 0 Å². The van der Waals surface area contributed by atoms with E-state index < -0.39 is 0 Å². The normalized spacial score (nSPS) is 20.5. The van der Waals surface area contributed by atoms with Crippen LogP contribution in [-0.2, 0) is 13.0 Å². The second-order valence-corrected chi connectivity index (χ2v) is 5.01. The molecule has 16 heavy (non-hydrogen) atoms. The van der Waals surface area contributed by atoms with Crippen LogP contribution in [0.2, 0.25) is 0 Å². The summed E-state index contributed by atoms with van der Waals surface area (Å²) in [6, 6.07) is 6.98. The zero-order chi connectivity index (χ0) is 10.8. The minimum Gasteiger partial charge on any atom is -0.385 e. The van der Waals surface area contributed by atoms with Crippen molar-refractivity contribution in [3.8, 4) is 0 Å². The van der Waals surface area contributed by atoms with Gasteiger partial charge in [-0.15, -0.1) is 0 Å². The van der Waals surface area contributed by atoms with Crippen LogP contribution in [0.5, 0.6) is 0 Å². The molecule has 3 rings (SSSR count). The number of likely N-dealkylation sites (tertiary alicyclic amines) is 1. The van der Waals surface area contributed by atoms with Crippen molar-refractivity contribution in [3.63, 3.8) is 0 Å². The van der Waals surface area contributed by atoms with E-state index in [0.29, 0.717) is 0 Å². The highest BCUT2D eigenvalue weighted by Gasteiger charge is 2.13. The van der Waals surface area contributed by atoms with Crippen molar-refractivity contribution >= 4 is 5.69 Å². The summed E-state index contributed by atoms with van der Waals surface area (Å²) >= 11 is 0. The molecule has 2 heteroatoms. The molecule has 0 spiro atoms. The molecule has 1 fully saturated rings. The summed E-state index contributed by atoms with van der Waals surface area (Å²) in [6.07, 6.45) is 5.27. The number of fused-ring (bicyclic) bond motifs is 1. The van der Waals surface area contributed by atoms with Gasteiger partial charge in [0.05, 0.1) is 0 Å². The third-order valence-corrected chi connectivity index (χ3v) is 3.72. The van der Waals surface area contributed by atoms with Crippen LogP contribution in [0.4, 0.5) is 5.69 Å². The Hall–Kier alpha value is -1.02. The standard InChI is InChI=1S/C14H20N2/c1-2-9-16(8-1)11-12-5-6-13-4-3-7-15-14(13)10-12/h5-6,10,15H,1-4,7-9,11H2. The van der Waals surface area contributed by atoms with Crippen LogP contribution in [0, 0.1) is 0 Å². The first-order valence-corrected chi connectivity index (χ1v) is 6.50. The van der Waals surface area contributed by atoms with Crippen molar-refractivity contribution in [3.05, 3.63) is 29.3 Å². The lowest BCUT2D eigenvalue weighted by Crippen LogP contribution is -2.19. The molecule has 0 radical (unpaired) electrons. The first-order valence-electron chi connectivity index (χ1n) is 6.50. The molecular weight excluding hydrogens is 196 g/mol. The van der Waals surface area contributed by atoms with Crippen molar-refractivity contribution in [1.82, 2.24) is 4.90 Å². The fraction of sp³-hybridized carbons (Fsp3) is 0.571. The van der Waals surface area contributed by atoms with Gasteiger partial charge in [-0.1, -0.05) is 12.1 Å². The predicted molar refractivity (Wildman–Crippen MR) is 67.8 cm³/mol. The van der Waals surface area contributed by atoms with Gasteiger partial charge in [0.15, 0.2) is 0 Å². The van der Waals surface area contributed by atoms with Gasteiger partial charge in [-0.05, 0) is 56.0 Å². The van der Waals surface area contributed by atoms with Crippen LogP contribution >= 0.6 is 0 Å². The maximum Gasteiger partial charge on any atom is 0.0375 e. The summed E-state index contributed by atoms with van der Waals surface area (Å²) in [5.74, 6) is 0. The zero-order valence-electron chi connectivity index (χ0n) is 9.84. The lowest BCUT2D eigenvalue weighted by Gasteiger charge is -2.20. The molecule has 0 saturated carbocycles. The molecule has 0 aromatic heterocycles. The highest BCUT2D eigenvalue weighted by Crippen LogP contribution is 2.24. The van der Waals surface area contributed by atoms with Crippen LogP contribution in [-0.4, -0.2) is 24.5 Å². The molecule has 0 bridgehead atoms. The van der Waals surface area contributed by atoms with Crippen molar-refractivity contribution in [1.29, 1.82) is 0 Å². The molecule has 86 valence electrons. The lowest BCUT2D eigenvalue weighted by molar-refractivity contribution is 0.331. The average molecular weight is 216 g/mol. The Morgan fingerprint density at radius 1 is 1.12 bits per heavy atom. The molecule has 0 amide bonds. The summed E-state index contributed by atoms with van der Waals surface area (Å²) in [6.45, 7) is 4.84. The van der Waals surface area contributed by atoms with E-state index in [1.54, 1.807) is 0 Å². The second kappa shape index (κ2) is 4.46. The van der Waals surface area contributed by atoms with Gasteiger partial charge in [0, 0.05) is 18.8 Å². The van der Waals surface area contributed by atoms with Crippen molar-refractivity contribution < 1.29 is 0 Å². The Bertz CT molecular complexity index is 367. The monoisotopic (exact) mass is 216 g/mol. The topological polar surface area (TPSA) is 15.3 Å². The minimum atomic E-state index is 1.13. The molecule has 1 N–H and O–H groups in total. The van der Waals surface area contributed by atoms with Gasteiger partial charge in [0.1, 0.15) is 0 Å². The summed E-state index contributed by atoms with van der Waals surface area (Å²) in [5, 5.41) is 3.51. The highest BCUT2D eigenvalue weighted by molar-refractivity contribution is 5.54. The number of hydrogen-bond acceptors (Lipinski definition) is 2. The van der Waals surface area contributed by atoms with E-state index in [2.05, 4.69) is 28.4 Å². The molecule has 2 aliphatic heterocycles. The van der Waals surface area contributed by atoms with Gasteiger partial charge < -0.3 is 5.32 Å². The van der Waals surface area contributed by atoms with Gasteiger partial charge in [0.25, 0.3) is 0 Å². The smallest absolute Gasteiger partial charge is 0.0375 e. The molecule has 1 saturated heterocycles. The number of anilines is 1. The quantitative estimate of drug-likeness (QED) is 0.817. The van der Waals surface area contributed by atoms with E-state index in [0.717, 1.165) is 13.1 Å². The van der Waals surface area contributed by atoms with Gasteiger partial charge in [-0.3, -0.25) is 4.90 Å². The molecule has 0 aliphatic carbocycles. The van der Waals surface area contributed by atoms with E-state index >= 15 is 0 Å². The molecule has 2 aliphatic rings. The third kappa shape index (κ3) is 2.07. The Balaban J connectivity index is 1.74. The predicted octanol–water partition coefficient (Wildman–Crippen LogP) is 2.64. The van der Waals surface area contributed by atoms with Gasteiger partial charge in [0.2, 0.25) is 0 Å². The maximum absolute atomic E-state index is 3.51. The largest absolute Gasteiger partial charge is 0.385 e. The first kappa shape index (κ1) is 10.2. The van der Waals surface area contributed by atoms with Crippen molar-refractivity contribution in [2.45, 2.75) is 32.2 Å². The van der Waals surface area contributed by atoms with Gasteiger partial charge >= 0.3 is 0 Å². The van der Waals surface area contributed by atoms with Crippen LogP contribution in [0.1, 0.15) is 30.4 Å². The molecule has 1 aromatic carbocycles. The van der Waals surface area contributed by atoms with Crippen LogP contribution in [0.25, 0.3) is 0 Å². The molecular formula is C14H20N2. The maximum atomic E-state index is 3.51. The number of nitrogens with one attached hydrogen (secondary N) is 1. The van der Waals surface area contributed by atoms with Gasteiger partial charge in [-0.25, -0.2) is 0 Å². The highest BCUT2D eigenvalue weighted by atomic mass is 15.1. The van der Waals surface area contributed by atoms with E-state index in [1.165, 1.54) is 55.6 Å². The van der Waals surface area contributed by atoms with Crippen molar-refractivity contribution in [2.24, 2.45) is 0 Å². The Morgan fingerprint density at radius 3 is 2.88 bits per heavy atom. The molecule has 2 nitrogen and oxygen atoms in total. The number of aryl methyl sites for hydroxylation is 1. The van der Waals surface area contributed by atoms with Gasteiger partial charge in [-0.2, -0.15) is 0 Å². The Morgan fingerprint density at radius 2 is 2.00 bits per heavy atom. The minimum absolute atomic E-state index is 1.13. The van der Waals surface area contributed by atoms with E-state index in [4.69, 9.17) is 0 Å². The zero-order valence-corrected chi connectivity index (χ0v) is 9.84. The van der Waals surface area contributed by atoms with E-state index in [1.807, 2.05) is 0 Å². The van der Waals surface area contributed by atoms with E-state index in [-0.39, 0.29) is 0 Å². The molecule has 0 unspecified atom stereocenters. The fourth-order valence-electron chi connectivity index (χ4n) is 2.81. The first-order chi connectivity index (χ1) is 7.92. The Labute approximate surface area is 97.6 Å². The number of nitrogens with zero attached hydrogens (tertiary/aromatic N) is 1. The van der Waals surface area contributed by atoms with Crippen molar-refractivity contribution in [2.75, 3.05) is 25.0 Å². The summed E-state index contributed by atoms with van der Waals surface area (Å²) in [4.78, 5) is 2.56. The third-order valence-electron chi connectivity index (χ3n) is 3.72. The summed E-state index contributed by atoms with van der Waals surface area (Å²) in [7, 11) is 0. The average Bonchev–Trinajstić information content (AvgIpc) is 2.82. The number of benzene rings is 1. The molecule has 2 heterocycles. The van der Waals surface area contributed by atoms with Crippen LogP contribution < -0.4 is 5.32 Å². The van der Waals surface area contributed by atoms with Crippen LogP contribution in [0.3, 0.4) is 0 Å². The number of hydrogen-bond donors (Lipinski definition) is 1. The summed E-state index contributed by atoms with van der Waals surface area (Å²) < 4.78 is 0. The second-order valence-electron chi connectivity index (χ2n) is 5.01. The Kier molecular flexibility index (Phi) is 2.83. The SMILES string of the molecule is c1cc2c(cc1CN1CCCC1)NCCC2.